The molecule has 168 valence electrons. The van der Waals surface area contributed by atoms with Gasteiger partial charge in [0.15, 0.2) is 0 Å². The smallest absolute Gasteiger partial charge is 0.139 e. The lowest BCUT2D eigenvalue weighted by molar-refractivity contribution is 0.450. The maximum Gasteiger partial charge on any atom is 0.139 e. The molecule has 4 rings (SSSR count). The molecule has 4 aromatic rings. The van der Waals surface area contributed by atoms with Crippen molar-refractivity contribution >= 4 is 17.1 Å². The Balaban J connectivity index is 1.82. The molecule has 0 spiro atoms. The van der Waals surface area contributed by atoms with Crippen molar-refractivity contribution in [2.75, 3.05) is 4.90 Å². The second kappa shape index (κ2) is 8.79. The number of anilines is 3. The largest absolute Gasteiger partial charge is 0.508 e. The van der Waals surface area contributed by atoms with E-state index in [-0.39, 0.29) is 17.2 Å². The van der Waals surface area contributed by atoms with E-state index in [9.17, 15) is 15.3 Å². The van der Waals surface area contributed by atoms with Crippen LogP contribution in [-0.4, -0.2) is 15.3 Å². The molecule has 4 aromatic carbocycles. The van der Waals surface area contributed by atoms with Crippen molar-refractivity contribution in [1.82, 2.24) is 0 Å². The molecule has 0 unspecified atom stereocenters. The summed E-state index contributed by atoms with van der Waals surface area (Å²) in [4.78, 5) is 1.79. The topological polar surface area (TPSA) is 73.2 Å². The third kappa shape index (κ3) is 4.58. The Kier molecular flexibility index (Phi) is 5.88. The highest BCUT2D eigenvalue weighted by molar-refractivity contribution is 5.83. The first-order valence-corrected chi connectivity index (χ1v) is 10.7. The Hall–Kier alpha value is -4.12. The van der Waals surface area contributed by atoms with Crippen LogP contribution >= 0.6 is 0 Å². The summed E-state index contributed by atoms with van der Waals surface area (Å²) >= 11 is 0. The van der Waals surface area contributed by atoms with Crippen LogP contribution in [0.15, 0.2) is 72.8 Å². The zero-order valence-electron chi connectivity index (χ0n) is 19.1. The highest BCUT2D eigenvalue weighted by Crippen LogP contribution is 2.45. The van der Waals surface area contributed by atoms with Gasteiger partial charge in [-0.2, -0.15) is 0 Å². The van der Waals surface area contributed by atoms with Gasteiger partial charge >= 0.3 is 0 Å². The number of hydrogen-bond donors (Lipinski definition) is 3. The van der Waals surface area contributed by atoms with E-state index >= 15 is 0 Å². The molecule has 0 amide bonds. The van der Waals surface area contributed by atoms with Crippen LogP contribution in [0.2, 0.25) is 0 Å². The van der Waals surface area contributed by atoms with Crippen LogP contribution < -0.4 is 9.64 Å². The van der Waals surface area contributed by atoms with Crippen molar-refractivity contribution in [2.45, 2.75) is 27.7 Å². The Bertz CT molecular complexity index is 1280. The summed E-state index contributed by atoms with van der Waals surface area (Å²) in [5, 5.41) is 31.6. The molecule has 3 N–H and O–H groups in total. The summed E-state index contributed by atoms with van der Waals surface area (Å²) in [6, 6.07) is 21.7. The third-order valence-corrected chi connectivity index (χ3v) is 5.54. The standard InChI is InChI=1S/C28H27NO4/c1-17-8-10-23(26(31)12-17)29(24-11-9-18(2)13-27(24)32)21-6-5-7-22(15-21)33-28-16-25(30)19(3)14-20(28)4/h5-16,30-32H,1-4H3. The monoisotopic (exact) mass is 441 g/mol. The molecule has 5 nitrogen and oxygen atoms in total. The van der Waals surface area contributed by atoms with Crippen LogP contribution in [0.4, 0.5) is 17.1 Å². The van der Waals surface area contributed by atoms with E-state index in [0.717, 1.165) is 22.3 Å². The van der Waals surface area contributed by atoms with Crippen molar-refractivity contribution in [2.24, 2.45) is 0 Å². The number of phenolic OH excluding ortho intramolecular Hbond substituents is 3. The molecule has 0 aromatic heterocycles. The Morgan fingerprint density at radius 3 is 1.79 bits per heavy atom. The molecule has 33 heavy (non-hydrogen) atoms. The zero-order chi connectivity index (χ0) is 23.7. The van der Waals surface area contributed by atoms with Crippen molar-refractivity contribution < 1.29 is 20.1 Å². The van der Waals surface area contributed by atoms with Crippen molar-refractivity contribution in [1.29, 1.82) is 0 Å². The number of ether oxygens (including phenoxy) is 1. The quantitative estimate of drug-likeness (QED) is 0.303. The lowest BCUT2D eigenvalue weighted by Crippen LogP contribution is -2.10. The maximum absolute atomic E-state index is 10.7. The van der Waals surface area contributed by atoms with Gasteiger partial charge in [-0.15, -0.1) is 0 Å². The SMILES string of the molecule is Cc1ccc(N(c2cccc(Oc3cc(O)c(C)cc3C)c2)c2ccc(C)cc2O)c(O)c1. The number of nitrogens with zero attached hydrogens (tertiary/aromatic N) is 1. The van der Waals surface area contributed by atoms with Gasteiger partial charge in [-0.3, -0.25) is 0 Å². The van der Waals surface area contributed by atoms with Gasteiger partial charge in [0, 0.05) is 12.1 Å². The fourth-order valence-electron chi connectivity index (χ4n) is 3.80. The van der Waals surface area contributed by atoms with Crippen LogP contribution in [0.1, 0.15) is 22.3 Å². The minimum atomic E-state index is 0.0978. The van der Waals surface area contributed by atoms with E-state index < -0.39 is 0 Å². The van der Waals surface area contributed by atoms with Crippen LogP contribution in [0.5, 0.6) is 28.7 Å². The van der Waals surface area contributed by atoms with E-state index in [1.807, 2.05) is 82.3 Å². The lowest BCUT2D eigenvalue weighted by atomic mass is 10.1. The molecular formula is C28H27NO4. The summed E-state index contributed by atoms with van der Waals surface area (Å²) in [7, 11) is 0. The Morgan fingerprint density at radius 2 is 1.21 bits per heavy atom. The highest BCUT2D eigenvalue weighted by Gasteiger charge is 2.20. The van der Waals surface area contributed by atoms with Crippen molar-refractivity contribution in [3.05, 3.63) is 95.1 Å². The van der Waals surface area contributed by atoms with Crippen molar-refractivity contribution in [3.8, 4) is 28.7 Å². The molecule has 0 aliphatic heterocycles. The Morgan fingerprint density at radius 1 is 0.606 bits per heavy atom. The van der Waals surface area contributed by atoms with Gasteiger partial charge in [-0.25, -0.2) is 0 Å². The average Bonchev–Trinajstić information content (AvgIpc) is 2.75. The molecule has 5 heteroatoms. The van der Waals surface area contributed by atoms with Crippen LogP contribution in [-0.2, 0) is 0 Å². The molecule has 0 atom stereocenters. The molecule has 0 saturated heterocycles. The number of benzene rings is 4. The molecule has 0 aliphatic rings. The van der Waals surface area contributed by atoms with Gasteiger partial charge in [0.1, 0.15) is 28.7 Å². The summed E-state index contributed by atoms with van der Waals surface area (Å²) in [6.45, 7) is 7.58. The minimum Gasteiger partial charge on any atom is -0.508 e. The summed E-state index contributed by atoms with van der Waals surface area (Å²) in [5.41, 5.74) is 5.29. The van der Waals surface area contributed by atoms with E-state index in [2.05, 4.69) is 0 Å². The zero-order valence-corrected chi connectivity index (χ0v) is 19.1. The van der Waals surface area contributed by atoms with E-state index in [1.165, 1.54) is 0 Å². The van der Waals surface area contributed by atoms with Gasteiger partial charge in [0.2, 0.25) is 0 Å². The summed E-state index contributed by atoms with van der Waals surface area (Å²) in [5.74, 6) is 1.48. The van der Waals surface area contributed by atoms with E-state index in [0.29, 0.717) is 28.6 Å². The molecule has 0 radical (unpaired) electrons. The van der Waals surface area contributed by atoms with Crippen LogP contribution in [0, 0.1) is 27.7 Å². The second-order valence-electron chi connectivity index (χ2n) is 8.32. The maximum atomic E-state index is 10.7. The van der Waals surface area contributed by atoms with Gasteiger partial charge in [0.05, 0.1) is 17.1 Å². The lowest BCUT2D eigenvalue weighted by Gasteiger charge is -2.27. The number of hydrogen-bond acceptors (Lipinski definition) is 5. The molecule has 0 bridgehead atoms. The van der Waals surface area contributed by atoms with Gasteiger partial charge in [-0.1, -0.05) is 18.2 Å². The van der Waals surface area contributed by atoms with E-state index in [4.69, 9.17) is 4.74 Å². The average molecular weight is 442 g/mol. The highest BCUT2D eigenvalue weighted by atomic mass is 16.5. The molecule has 0 fully saturated rings. The first kappa shape index (κ1) is 22.1. The van der Waals surface area contributed by atoms with Crippen LogP contribution in [0.3, 0.4) is 0 Å². The predicted molar refractivity (Wildman–Crippen MR) is 132 cm³/mol. The molecular weight excluding hydrogens is 414 g/mol. The summed E-state index contributed by atoms with van der Waals surface area (Å²) in [6.07, 6.45) is 0. The van der Waals surface area contributed by atoms with Crippen LogP contribution in [0.25, 0.3) is 0 Å². The van der Waals surface area contributed by atoms with Crippen molar-refractivity contribution in [3.63, 3.8) is 0 Å². The van der Waals surface area contributed by atoms with Gasteiger partial charge < -0.3 is 25.0 Å². The first-order chi connectivity index (χ1) is 15.7. The van der Waals surface area contributed by atoms with E-state index in [1.54, 1.807) is 23.1 Å². The number of aryl methyl sites for hydroxylation is 4. The molecule has 0 aliphatic carbocycles. The van der Waals surface area contributed by atoms with Gasteiger partial charge in [0.25, 0.3) is 0 Å². The second-order valence-corrected chi connectivity index (χ2v) is 8.32. The normalized spacial score (nSPS) is 10.8. The predicted octanol–water partition coefficient (Wildman–Crippen LogP) is 7.30. The fourth-order valence-corrected chi connectivity index (χ4v) is 3.80. The molecule has 0 saturated carbocycles. The first-order valence-electron chi connectivity index (χ1n) is 10.7. The third-order valence-electron chi connectivity index (χ3n) is 5.54. The molecule has 0 heterocycles. The summed E-state index contributed by atoms with van der Waals surface area (Å²) < 4.78 is 6.09. The fraction of sp³-hybridized carbons (Fsp3) is 0.143. The Labute approximate surface area is 193 Å². The number of rotatable bonds is 5. The number of aromatic hydroxyl groups is 3. The minimum absolute atomic E-state index is 0.0978. The number of phenols is 3. The van der Waals surface area contributed by atoms with Gasteiger partial charge in [-0.05, 0) is 92.4 Å².